The van der Waals surface area contributed by atoms with Gasteiger partial charge in [-0.3, -0.25) is 4.79 Å². The lowest BCUT2D eigenvalue weighted by Gasteiger charge is -2.33. The van der Waals surface area contributed by atoms with Crippen LogP contribution < -0.4 is 10.5 Å². The van der Waals surface area contributed by atoms with E-state index in [9.17, 15) is 9.59 Å². The fraction of sp³-hybridized carbons (Fsp3) is 0.538. The number of primary amides is 1. The molecule has 2 aromatic rings. The number of hydrogen-bond acceptors (Lipinski definition) is 5. The molecule has 1 aliphatic carbocycles. The highest BCUT2D eigenvalue weighted by molar-refractivity contribution is 5.97. The topological polar surface area (TPSA) is 81.9 Å². The van der Waals surface area contributed by atoms with Gasteiger partial charge in [-0.25, -0.2) is 4.79 Å². The number of nitrogens with zero attached hydrogens (tertiary/aromatic N) is 1. The Kier molecular flexibility index (Phi) is 7.30. The SMILES string of the molecule is NC(=O)C1(OC(=O)c2ccc3cc(OCCCN4CCCCC4)ccc3c2)CCCCC1. The molecule has 1 saturated heterocycles. The number of amides is 1. The first-order valence-electron chi connectivity index (χ1n) is 12.0. The first-order chi connectivity index (χ1) is 15.6. The van der Waals surface area contributed by atoms with Crippen molar-refractivity contribution in [2.75, 3.05) is 26.2 Å². The molecule has 6 nitrogen and oxygen atoms in total. The van der Waals surface area contributed by atoms with Crippen molar-refractivity contribution < 1.29 is 19.1 Å². The second-order valence-electron chi connectivity index (χ2n) is 9.14. The number of hydrogen-bond donors (Lipinski definition) is 1. The van der Waals surface area contributed by atoms with E-state index in [1.165, 1.54) is 32.4 Å². The number of benzene rings is 2. The van der Waals surface area contributed by atoms with Crippen LogP contribution in [0.3, 0.4) is 0 Å². The minimum atomic E-state index is -1.17. The average molecular weight is 439 g/mol. The van der Waals surface area contributed by atoms with Crippen LogP contribution in [0.1, 0.15) is 68.1 Å². The first-order valence-corrected chi connectivity index (χ1v) is 12.0. The number of carbonyl (C=O) groups excluding carboxylic acids is 2. The van der Waals surface area contributed by atoms with E-state index in [4.69, 9.17) is 15.2 Å². The maximum absolute atomic E-state index is 12.8. The Labute approximate surface area is 190 Å². The molecular weight excluding hydrogens is 404 g/mol. The lowest BCUT2D eigenvalue weighted by atomic mass is 9.84. The minimum Gasteiger partial charge on any atom is -0.494 e. The van der Waals surface area contributed by atoms with Crippen LogP contribution in [-0.2, 0) is 9.53 Å². The van der Waals surface area contributed by atoms with Gasteiger partial charge in [-0.2, -0.15) is 0 Å². The van der Waals surface area contributed by atoms with Gasteiger partial charge in [0.05, 0.1) is 12.2 Å². The molecule has 2 aromatic carbocycles. The highest BCUT2D eigenvalue weighted by Gasteiger charge is 2.42. The van der Waals surface area contributed by atoms with Gasteiger partial charge in [-0.05, 0) is 93.1 Å². The Morgan fingerprint density at radius 3 is 2.34 bits per heavy atom. The van der Waals surface area contributed by atoms with Crippen molar-refractivity contribution in [3.8, 4) is 5.75 Å². The molecule has 2 fully saturated rings. The molecule has 1 heterocycles. The van der Waals surface area contributed by atoms with Crippen LogP contribution in [0.5, 0.6) is 5.75 Å². The van der Waals surface area contributed by atoms with Crippen molar-refractivity contribution >= 4 is 22.6 Å². The Bertz CT molecular complexity index is 946. The predicted octanol–water partition coefficient (Wildman–Crippen LogP) is 4.44. The largest absolute Gasteiger partial charge is 0.494 e. The van der Waals surface area contributed by atoms with E-state index in [2.05, 4.69) is 4.90 Å². The summed E-state index contributed by atoms with van der Waals surface area (Å²) in [7, 11) is 0. The molecule has 172 valence electrons. The number of likely N-dealkylation sites (tertiary alicyclic amines) is 1. The Morgan fingerprint density at radius 1 is 0.906 bits per heavy atom. The number of carbonyl (C=O) groups is 2. The molecule has 2 N–H and O–H groups in total. The summed E-state index contributed by atoms with van der Waals surface area (Å²) in [6.45, 7) is 4.20. The summed E-state index contributed by atoms with van der Waals surface area (Å²) in [5.74, 6) is -0.208. The molecule has 4 rings (SSSR count). The highest BCUT2D eigenvalue weighted by atomic mass is 16.6. The number of fused-ring (bicyclic) bond motifs is 1. The molecule has 1 aliphatic heterocycles. The van der Waals surface area contributed by atoms with Crippen LogP contribution >= 0.6 is 0 Å². The van der Waals surface area contributed by atoms with Crippen LogP contribution in [0.15, 0.2) is 36.4 Å². The predicted molar refractivity (Wildman–Crippen MR) is 125 cm³/mol. The van der Waals surface area contributed by atoms with Crippen LogP contribution in [0.4, 0.5) is 0 Å². The van der Waals surface area contributed by atoms with Gasteiger partial charge >= 0.3 is 5.97 Å². The lowest BCUT2D eigenvalue weighted by molar-refractivity contribution is -0.140. The van der Waals surface area contributed by atoms with Crippen molar-refractivity contribution in [3.05, 3.63) is 42.0 Å². The fourth-order valence-corrected chi connectivity index (χ4v) is 4.86. The van der Waals surface area contributed by atoms with Gasteiger partial charge in [-0.1, -0.05) is 25.0 Å². The Morgan fingerprint density at radius 2 is 1.59 bits per heavy atom. The number of esters is 1. The molecular formula is C26H34N2O4. The third-order valence-electron chi connectivity index (χ3n) is 6.78. The number of piperidine rings is 1. The summed E-state index contributed by atoms with van der Waals surface area (Å²) in [4.78, 5) is 27.3. The molecule has 1 amide bonds. The number of ether oxygens (including phenoxy) is 2. The van der Waals surface area contributed by atoms with E-state index >= 15 is 0 Å². The molecule has 0 radical (unpaired) electrons. The van der Waals surface area contributed by atoms with E-state index in [1.807, 2.05) is 24.3 Å². The highest BCUT2D eigenvalue weighted by Crippen LogP contribution is 2.33. The van der Waals surface area contributed by atoms with Crippen molar-refractivity contribution in [1.29, 1.82) is 0 Å². The molecule has 1 saturated carbocycles. The van der Waals surface area contributed by atoms with Gasteiger partial charge in [-0.15, -0.1) is 0 Å². The normalized spacial score (nSPS) is 18.9. The number of rotatable bonds is 8. The van der Waals surface area contributed by atoms with Crippen LogP contribution in [0.2, 0.25) is 0 Å². The monoisotopic (exact) mass is 438 g/mol. The molecule has 6 heteroatoms. The summed E-state index contributed by atoms with van der Waals surface area (Å²) in [5.41, 5.74) is 4.85. The molecule has 2 aliphatic rings. The number of nitrogens with two attached hydrogens (primary N) is 1. The zero-order chi connectivity index (χ0) is 22.4. The maximum atomic E-state index is 12.8. The zero-order valence-corrected chi connectivity index (χ0v) is 18.8. The van der Waals surface area contributed by atoms with E-state index in [1.54, 1.807) is 12.1 Å². The van der Waals surface area contributed by atoms with Crippen molar-refractivity contribution in [3.63, 3.8) is 0 Å². The van der Waals surface area contributed by atoms with E-state index in [-0.39, 0.29) is 0 Å². The molecule has 0 unspecified atom stereocenters. The lowest BCUT2D eigenvalue weighted by Crippen LogP contribution is -2.49. The molecule has 0 aromatic heterocycles. The van der Waals surface area contributed by atoms with Gasteiger partial charge in [0.25, 0.3) is 5.91 Å². The molecule has 0 atom stereocenters. The van der Waals surface area contributed by atoms with Crippen molar-refractivity contribution in [2.24, 2.45) is 5.73 Å². The van der Waals surface area contributed by atoms with Crippen molar-refractivity contribution in [2.45, 2.75) is 63.4 Å². The van der Waals surface area contributed by atoms with Crippen LogP contribution in [0.25, 0.3) is 10.8 Å². The Hall–Kier alpha value is -2.60. The third-order valence-corrected chi connectivity index (χ3v) is 6.78. The average Bonchev–Trinajstić information content (AvgIpc) is 2.82. The summed E-state index contributed by atoms with van der Waals surface area (Å²) in [6.07, 6.45) is 8.71. The summed E-state index contributed by atoms with van der Waals surface area (Å²) in [6, 6.07) is 11.3. The van der Waals surface area contributed by atoms with Crippen molar-refractivity contribution in [1.82, 2.24) is 4.90 Å². The second-order valence-corrected chi connectivity index (χ2v) is 9.14. The van der Waals surface area contributed by atoms with Crippen LogP contribution in [0, 0.1) is 0 Å². The molecule has 0 spiro atoms. The summed E-state index contributed by atoms with van der Waals surface area (Å²) in [5, 5.41) is 1.93. The molecule has 32 heavy (non-hydrogen) atoms. The molecule has 0 bridgehead atoms. The fourth-order valence-electron chi connectivity index (χ4n) is 4.86. The first kappa shape index (κ1) is 22.6. The smallest absolute Gasteiger partial charge is 0.339 e. The Balaban J connectivity index is 1.35. The van der Waals surface area contributed by atoms with Gasteiger partial charge in [0.15, 0.2) is 5.60 Å². The van der Waals surface area contributed by atoms with E-state index in [0.717, 1.165) is 48.8 Å². The van der Waals surface area contributed by atoms with E-state index < -0.39 is 17.5 Å². The quantitative estimate of drug-likeness (QED) is 0.487. The van der Waals surface area contributed by atoms with E-state index in [0.29, 0.717) is 25.0 Å². The minimum absolute atomic E-state index is 0.430. The van der Waals surface area contributed by atoms with Crippen LogP contribution in [-0.4, -0.2) is 48.6 Å². The van der Waals surface area contributed by atoms with Gasteiger partial charge in [0, 0.05) is 6.54 Å². The van der Waals surface area contributed by atoms with Gasteiger partial charge < -0.3 is 20.1 Å². The standard InChI is InChI=1S/C26H34N2O4/c27-25(30)26(12-3-1-4-13-26)32-24(29)22-9-8-21-19-23(11-10-20(21)18-22)31-17-7-16-28-14-5-2-6-15-28/h8-11,18-19H,1-7,12-17H2,(H2,27,30). The maximum Gasteiger partial charge on any atom is 0.339 e. The zero-order valence-electron chi connectivity index (χ0n) is 18.8. The van der Waals surface area contributed by atoms with Gasteiger partial charge in [0.2, 0.25) is 0 Å². The van der Waals surface area contributed by atoms with Gasteiger partial charge in [0.1, 0.15) is 5.75 Å². The second kappa shape index (κ2) is 10.3. The third kappa shape index (κ3) is 5.41. The summed E-state index contributed by atoms with van der Waals surface area (Å²) >= 11 is 0. The summed E-state index contributed by atoms with van der Waals surface area (Å²) < 4.78 is 11.6.